The lowest BCUT2D eigenvalue weighted by Crippen LogP contribution is -2.30. The van der Waals surface area contributed by atoms with Crippen LogP contribution in [0.25, 0.3) is 0 Å². The van der Waals surface area contributed by atoms with E-state index in [2.05, 4.69) is 5.32 Å². The minimum atomic E-state index is -1.01. The van der Waals surface area contributed by atoms with Crippen molar-refractivity contribution in [1.29, 1.82) is 0 Å². The van der Waals surface area contributed by atoms with Crippen LogP contribution in [0, 0.1) is 12.7 Å². The summed E-state index contributed by atoms with van der Waals surface area (Å²) in [4.78, 5) is 24.0. The summed E-state index contributed by atoms with van der Waals surface area (Å²) in [6, 6.07) is 11.0. The maximum Gasteiger partial charge on any atom is 0.311 e. The summed E-state index contributed by atoms with van der Waals surface area (Å²) in [6.45, 7) is 3.27. The number of aryl methyl sites for hydroxylation is 1. The van der Waals surface area contributed by atoms with Crippen molar-refractivity contribution in [3.63, 3.8) is 0 Å². The molecular formula is C18H17ClFNO3. The molecule has 0 fully saturated rings. The van der Waals surface area contributed by atoms with Gasteiger partial charge in [0, 0.05) is 10.7 Å². The predicted octanol–water partition coefficient (Wildman–Crippen LogP) is 3.90. The van der Waals surface area contributed by atoms with E-state index in [9.17, 15) is 14.0 Å². The van der Waals surface area contributed by atoms with Crippen LogP contribution in [0.1, 0.15) is 18.1 Å². The normalized spacial score (nSPS) is 11.7. The molecule has 2 aromatic carbocycles. The molecule has 1 N–H and O–H groups in total. The van der Waals surface area contributed by atoms with Gasteiger partial charge >= 0.3 is 5.97 Å². The Kier molecular flexibility index (Phi) is 5.93. The lowest BCUT2D eigenvalue weighted by molar-refractivity contribution is -0.152. The van der Waals surface area contributed by atoms with E-state index >= 15 is 0 Å². The molecule has 1 atom stereocenters. The Hall–Kier alpha value is -2.40. The number of anilines is 1. The van der Waals surface area contributed by atoms with Crippen molar-refractivity contribution in [1.82, 2.24) is 0 Å². The smallest absolute Gasteiger partial charge is 0.311 e. The molecule has 1 amide bonds. The van der Waals surface area contributed by atoms with Crippen LogP contribution >= 0.6 is 11.6 Å². The van der Waals surface area contributed by atoms with Gasteiger partial charge in [-0.3, -0.25) is 9.59 Å². The van der Waals surface area contributed by atoms with E-state index in [1.54, 1.807) is 24.3 Å². The minimum absolute atomic E-state index is 0.223. The third-order valence-corrected chi connectivity index (χ3v) is 3.66. The first-order valence-electron chi connectivity index (χ1n) is 7.36. The van der Waals surface area contributed by atoms with E-state index in [1.807, 2.05) is 6.92 Å². The van der Waals surface area contributed by atoms with Crippen molar-refractivity contribution >= 4 is 29.2 Å². The number of carbonyl (C=O) groups is 2. The molecule has 2 aromatic rings. The summed E-state index contributed by atoms with van der Waals surface area (Å²) < 4.78 is 18.6. The molecule has 4 nitrogen and oxygen atoms in total. The van der Waals surface area contributed by atoms with Crippen molar-refractivity contribution in [2.75, 3.05) is 5.32 Å². The van der Waals surface area contributed by atoms with Crippen LogP contribution in [0.2, 0.25) is 5.02 Å². The van der Waals surface area contributed by atoms with Crippen molar-refractivity contribution in [3.8, 4) is 0 Å². The average molecular weight is 350 g/mol. The molecule has 0 spiro atoms. The highest BCUT2D eigenvalue weighted by molar-refractivity contribution is 6.31. The molecule has 24 heavy (non-hydrogen) atoms. The molecule has 0 saturated carbocycles. The number of carbonyl (C=O) groups excluding carboxylic acids is 2. The zero-order valence-corrected chi connectivity index (χ0v) is 14.1. The van der Waals surface area contributed by atoms with Gasteiger partial charge in [0.15, 0.2) is 6.10 Å². The monoisotopic (exact) mass is 349 g/mol. The Morgan fingerprint density at radius 3 is 2.67 bits per heavy atom. The molecular weight excluding hydrogens is 333 g/mol. The molecule has 0 aromatic heterocycles. The summed E-state index contributed by atoms with van der Waals surface area (Å²) in [5, 5.41) is 3.14. The summed E-state index contributed by atoms with van der Waals surface area (Å²) in [6.07, 6.45) is -1.25. The Morgan fingerprint density at radius 2 is 1.96 bits per heavy atom. The maximum atomic E-state index is 13.5. The summed E-state index contributed by atoms with van der Waals surface area (Å²) in [7, 11) is 0. The predicted molar refractivity (Wildman–Crippen MR) is 90.5 cm³/mol. The average Bonchev–Trinajstić information content (AvgIpc) is 2.53. The standard InChI is InChI=1S/C18H17ClFNO3/c1-11-7-8-14(19)10-16(11)21-18(23)12(2)24-17(22)9-13-5-3-4-6-15(13)20/h3-8,10,12H,9H2,1-2H3,(H,21,23)/t12-/m1/s1. The molecule has 0 unspecified atom stereocenters. The van der Waals surface area contributed by atoms with E-state index in [0.29, 0.717) is 10.7 Å². The van der Waals surface area contributed by atoms with Crippen LogP contribution in [0.15, 0.2) is 42.5 Å². The molecule has 6 heteroatoms. The Morgan fingerprint density at radius 1 is 1.25 bits per heavy atom. The van der Waals surface area contributed by atoms with Gasteiger partial charge in [-0.2, -0.15) is 0 Å². The van der Waals surface area contributed by atoms with Crippen molar-refractivity contribution in [2.24, 2.45) is 0 Å². The fourth-order valence-corrected chi connectivity index (χ4v) is 2.22. The second-order valence-electron chi connectivity index (χ2n) is 5.35. The lowest BCUT2D eigenvalue weighted by Gasteiger charge is -2.15. The first-order valence-corrected chi connectivity index (χ1v) is 7.74. The van der Waals surface area contributed by atoms with Crippen LogP contribution in [-0.4, -0.2) is 18.0 Å². The van der Waals surface area contributed by atoms with Gasteiger partial charge in [0.25, 0.3) is 5.91 Å². The molecule has 0 aliphatic carbocycles. The molecule has 0 aliphatic heterocycles. The first-order chi connectivity index (χ1) is 11.4. The third-order valence-electron chi connectivity index (χ3n) is 3.43. The molecule has 0 heterocycles. The number of rotatable bonds is 5. The minimum Gasteiger partial charge on any atom is -0.452 e. The number of esters is 1. The number of halogens is 2. The largest absolute Gasteiger partial charge is 0.452 e. The van der Waals surface area contributed by atoms with Gasteiger partial charge in [-0.15, -0.1) is 0 Å². The zero-order valence-electron chi connectivity index (χ0n) is 13.3. The van der Waals surface area contributed by atoms with Gasteiger partial charge < -0.3 is 10.1 Å². The van der Waals surface area contributed by atoms with E-state index in [1.165, 1.54) is 25.1 Å². The van der Waals surface area contributed by atoms with Gasteiger partial charge in [0.2, 0.25) is 0 Å². The molecule has 0 saturated heterocycles. The number of nitrogens with one attached hydrogen (secondary N) is 1. The summed E-state index contributed by atoms with van der Waals surface area (Å²) >= 11 is 5.90. The highest BCUT2D eigenvalue weighted by atomic mass is 35.5. The third kappa shape index (κ3) is 4.80. The fourth-order valence-electron chi connectivity index (χ4n) is 2.05. The number of hydrogen-bond donors (Lipinski definition) is 1. The fraction of sp³-hybridized carbons (Fsp3) is 0.222. The van der Waals surface area contributed by atoms with Gasteiger partial charge in [0.1, 0.15) is 5.82 Å². The lowest BCUT2D eigenvalue weighted by atomic mass is 10.1. The van der Waals surface area contributed by atoms with Gasteiger partial charge in [-0.25, -0.2) is 4.39 Å². The van der Waals surface area contributed by atoms with E-state index < -0.39 is 23.8 Å². The van der Waals surface area contributed by atoms with Crippen LogP contribution in [0.3, 0.4) is 0 Å². The van der Waals surface area contributed by atoms with E-state index in [4.69, 9.17) is 16.3 Å². The van der Waals surface area contributed by atoms with Crippen molar-refractivity contribution in [3.05, 3.63) is 64.4 Å². The Labute approximate surface area is 144 Å². The van der Waals surface area contributed by atoms with Crippen LogP contribution < -0.4 is 5.32 Å². The first kappa shape index (κ1) is 17.9. The van der Waals surface area contributed by atoms with Crippen molar-refractivity contribution in [2.45, 2.75) is 26.4 Å². The molecule has 126 valence electrons. The number of hydrogen-bond acceptors (Lipinski definition) is 3. The Balaban J connectivity index is 1.95. The van der Waals surface area contributed by atoms with E-state index in [0.717, 1.165) is 5.56 Å². The SMILES string of the molecule is Cc1ccc(Cl)cc1NC(=O)[C@@H](C)OC(=O)Cc1ccccc1F. The highest BCUT2D eigenvalue weighted by Gasteiger charge is 2.19. The van der Waals surface area contributed by atoms with Crippen LogP contribution in [0.5, 0.6) is 0 Å². The second kappa shape index (κ2) is 7.93. The van der Waals surface area contributed by atoms with Gasteiger partial charge in [-0.05, 0) is 43.2 Å². The molecule has 0 bridgehead atoms. The maximum absolute atomic E-state index is 13.5. The van der Waals surface area contributed by atoms with Gasteiger partial charge in [-0.1, -0.05) is 35.9 Å². The highest BCUT2D eigenvalue weighted by Crippen LogP contribution is 2.20. The number of benzene rings is 2. The number of ether oxygens (including phenoxy) is 1. The topological polar surface area (TPSA) is 55.4 Å². The molecule has 0 radical (unpaired) electrons. The summed E-state index contributed by atoms with van der Waals surface area (Å²) in [5.74, 6) is -1.64. The summed E-state index contributed by atoms with van der Waals surface area (Å²) in [5.41, 5.74) is 1.60. The quantitative estimate of drug-likeness (QED) is 0.833. The van der Waals surface area contributed by atoms with E-state index in [-0.39, 0.29) is 12.0 Å². The number of amides is 1. The molecule has 2 rings (SSSR count). The molecule has 0 aliphatic rings. The van der Waals surface area contributed by atoms with Crippen LogP contribution in [0.4, 0.5) is 10.1 Å². The van der Waals surface area contributed by atoms with Crippen molar-refractivity contribution < 1.29 is 18.7 Å². The van der Waals surface area contributed by atoms with Crippen LogP contribution in [-0.2, 0) is 20.7 Å². The Bertz CT molecular complexity index is 764. The second-order valence-corrected chi connectivity index (χ2v) is 5.79. The van der Waals surface area contributed by atoms with Gasteiger partial charge in [0.05, 0.1) is 6.42 Å². The zero-order chi connectivity index (χ0) is 17.7.